The lowest BCUT2D eigenvalue weighted by Gasteiger charge is -2.10. The lowest BCUT2D eigenvalue weighted by Crippen LogP contribution is -2.00. The smallest absolute Gasteiger partial charge is 0.150 e. The Kier molecular flexibility index (Phi) is 4.43. The van der Waals surface area contributed by atoms with Crippen molar-refractivity contribution in [3.63, 3.8) is 0 Å². The van der Waals surface area contributed by atoms with Crippen LogP contribution in [0, 0.1) is 0 Å². The quantitative estimate of drug-likeness (QED) is 0.839. The molecule has 0 spiro atoms. The van der Waals surface area contributed by atoms with Gasteiger partial charge in [-0.3, -0.25) is 0 Å². The highest BCUT2D eigenvalue weighted by atomic mass is 79.9. The molecule has 0 saturated carbocycles. The molecule has 18 heavy (non-hydrogen) atoms. The highest BCUT2D eigenvalue weighted by Crippen LogP contribution is 2.29. The second-order valence-electron chi connectivity index (χ2n) is 3.49. The zero-order chi connectivity index (χ0) is 13.0. The van der Waals surface area contributed by atoms with Crippen LogP contribution in [0.4, 0.5) is 17.3 Å². The van der Waals surface area contributed by atoms with Crippen LogP contribution in [0.2, 0.25) is 0 Å². The van der Waals surface area contributed by atoms with Crippen molar-refractivity contribution in [2.75, 3.05) is 23.9 Å². The first-order chi connectivity index (χ1) is 8.74. The van der Waals surface area contributed by atoms with Crippen LogP contribution >= 0.6 is 27.7 Å². The summed E-state index contributed by atoms with van der Waals surface area (Å²) < 4.78 is 0.821. The molecule has 2 N–H and O–H groups in total. The molecule has 4 nitrogen and oxygen atoms in total. The third-order valence-electron chi connectivity index (χ3n) is 2.38. The lowest BCUT2D eigenvalue weighted by molar-refractivity contribution is 1.14. The highest BCUT2D eigenvalue weighted by Gasteiger charge is 2.07. The minimum atomic E-state index is 0.742. The third-order valence-corrected chi connectivity index (χ3v) is 3.87. The number of anilines is 3. The van der Waals surface area contributed by atoms with Gasteiger partial charge in [-0.25, -0.2) is 9.97 Å². The van der Waals surface area contributed by atoms with E-state index >= 15 is 0 Å². The SMILES string of the molecule is CNc1ncnc(Nc2ccc(SC)cc2)c1Br. The normalized spacial score (nSPS) is 10.2. The highest BCUT2D eigenvalue weighted by molar-refractivity contribution is 9.10. The van der Waals surface area contributed by atoms with Crippen LogP contribution in [0.15, 0.2) is 40.0 Å². The Hall–Kier alpha value is -1.27. The van der Waals surface area contributed by atoms with Gasteiger partial charge in [0.05, 0.1) is 0 Å². The average Bonchev–Trinajstić information content (AvgIpc) is 2.42. The van der Waals surface area contributed by atoms with Crippen LogP contribution in [0.5, 0.6) is 0 Å². The summed E-state index contributed by atoms with van der Waals surface area (Å²) in [5.74, 6) is 1.50. The Morgan fingerprint density at radius 1 is 1.11 bits per heavy atom. The molecule has 0 aliphatic heterocycles. The number of benzene rings is 1. The van der Waals surface area contributed by atoms with E-state index in [0.29, 0.717) is 0 Å². The van der Waals surface area contributed by atoms with Gasteiger partial charge in [0.25, 0.3) is 0 Å². The Balaban J connectivity index is 2.22. The largest absolute Gasteiger partial charge is 0.372 e. The Labute approximate surface area is 119 Å². The molecule has 6 heteroatoms. The first-order valence-electron chi connectivity index (χ1n) is 5.34. The van der Waals surface area contributed by atoms with Crippen molar-refractivity contribution in [2.24, 2.45) is 0 Å². The van der Waals surface area contributed by atoms with E-state index in [1.165, 1.54) is 11.2 Å². The fourth-order valence-corrected chi connectivity index (χ4v) is 2.35. The standard InChI is InChI=1S/C12H13BrN4S/c1-14-11-10(13)12(16-7-15-11)17-8-3-5-9(18-2)6-4-8/h3-7H,1-2H3,(H2,14,15,16,17). The molecule has 0 aliphatic carbocycles. The predicted molar refractivity (Wildman–Crippen MR) is 80.8 cm³/mol. The van der Waals surface area contributed by atoms with E-state index in [0.717, 1.165) is 21.8 Å². The summed E-state index contributed by atoms with van der Waals surface area (Å²) in [6, 6.07) is 8.20. The van der Waals surface area contributed by atoms with Gasteiger partial charge in [0.15, 0.2) is 0 Å². The molecule has 0 atom stereocenters. The third kappa shape index (κ3) is 2.94. The monoisotopic (exact) mass is 324 g/mol. The van der Waals surface area contributed by atoms with E-state index in [-0.39, 0.29) is 0 Å². The molecule has 1 aromatic carbocycles. The zero-order valence-electron chi connectivity index (χ0n) is 10.1. The second kappa shape index (κ2) is 6.06. The van der Waals surface area contributed by atoms with Crippen LogP contribution in [0.1, 0.15) is 0 Å². The van der Waals surface area contributed by atoms with Crippen molar-refractivity contribution in [3.8, 4) is 0 Å². The molecule has 0 radical (unpaired) electrons. The molecule has 0 unspecified atom stereocenters. The van der Waals surface area contributed by atoms with E-state index in [1.807, 2.05) is 19.2 Å². The van der Waals surface area contributed by atoms with Gasteiger partial charge < -0.3 is 10.6 Å². The van der Waals surface area contributed by atoms with E-state index in [2.05, 4.69) is 54.9 Å². The van der Waals surface area contributed by atoms with Crippen LogP contribution in [0.3, 0.4) is 0 Å². The van der Waals surface area contributed by atoms with Gasteiger partial charge in [-0.05, 0) is 46.5 Å². The number of aromatic nitrogens is 2. The number of nitrogens with zero attached hydrogens (tertiary/aromatic N) is 2. The summed E-state index contributed by atoms with van der Waals surface area (Å²) in [4.78, 5) is 9.56. The molecule has 2 aromatic rings. The number of hydrogen-bond acceptors (Lipinski definition) is 5. The molecule has 1 heterocycles. The minimum absolute atomic E-state index is 0.742. The van der Waals surface area contributed by atoms with Crippen molar-refractivity contribution >= 4 is 45.0 Å². The summed E-state index contributed by atoms with van der Waals surface area (Å²) >= 11 is 5.19. The van der Waals surface area contributed by atoms with Gasteiger partial charge in [-0.1, -0.05) is 0 Å². The van der Waals surface area contributed by atoms with Crippen LogP contribution in [-0.4, -0.2) is 23.3 Å². The van der Waals surface area contributed by atoms with Gasteiger partial charge in [0, 0.05) is 17.6 Å². The van der Waals surface area contributed by atoms with Crippen molar-refractivity contribution in [1.82, 2.24) is 9.97 Å². The van der Waals surface area contributed by atoms with Gasteiger partial charge in [0.2, 0.25) is 0 Å². The molecule has 2 rings (SSSR count). The number of halogens is 1. The van der Waals surface area contributed by atoms with E-state index in [9.17, 15) is 0 Å². The van der Waals surface area contributed by atoms with Crippen molar-refractivity contribution in [1.29, 1.82) is 0 Å². The fraction of sp³-hybridized carbons (Fsp3) is 0.167. The number of hydrogen-bond donors (Lipinski definition) is 2. The predicted octanol–water partition coefficient (Wildman–Crippen LogP) is 3.75. The summed E-state index contributed by atoms with van der Waals surface area (Å²) in [6.07, 6.45) is 3.58. The van der Waals surface area contributed by atoms with Gasteiger partial charge >= 0.3 is 0 Å². The Morgan fingerprint density at radius 2 is 1.78 bits per heavy atom. The van der Waals surface area contributed by atoms with Crippen LogP contribution in [0.25, 0.3) is 0 Å². The summed E-state index contributed by atoms with van der Waals surface area (Å²) in [5.41, 5.74) is 0.995. The van der Waals surface area contributed by atoms with E-state index in [1.54, 1.807) is 11.8 Å². The molecule has 0 aliphatic rings. The maximum absolute atomic E-state index is 4.21. The first-order valence-corrected chi connectivity index (χ1v) is 7.35. The zero-order valence-corrected chi connectivity index (χ0v) is 12.5. The van der Waals surface area contributed by atoms with Gasteiger partial charge in [-0.15, -0.1) is 11.8 Å². The molecule has 0 saturated heterocycles. The topological polar surface area (TPSA) is 49.8 Å². The average molecular weight is 325 g/mol. The molecule has 94 valence electrons. The summed E-state index contributed by atoms with van der Waals surface area (Å²) in [5, 5.41) is 6.25. The van der Waals surface area contributed by atoms with E-state index < -0.39 is 0 Å². The molecule has 1 aromatic heterocycles. The van der Waals surface area contributed by atoms with Crippen molar-refractivity contribution < 1.29 is 0 Å². The van der Waals surface area contributed by atoms with Crippen LogP contribution in [-0.2, 0) is 0 Å². The number of thioether (sulfide) groups is 1. The molecule has 0 fully saturated rings. The second-order valence-corrected chi connectivity index (χ2v) is 5.16. The first kappa shape index (κ1) is 13.2. The van der Waals surface area contributed by atoms with Crippen LogP contribution < -0.4 is 10.6 Å². The van der Waals surface area contributed by atoms with Crippen molar-refractivity contribution in [2.45, 2.75) is 4.90 Å². The fourth-order valence-electron chi connectivity index (χ4n) is 1.44. The lowest BCUT2D eigenvalue weighted by atomic mass is 10.3. The Morgan fingerprint density at radius 3 is 2.39 bits per heavy atom. The van der Waals surface area contributed by atoms with Gasteiger partial charge in [-0.2, -0.15) is 0 Å². The van der Waals surface area contributed by atoms with E-state index in [4.69, 9.17) is 0 Å². The van der Waals surface area contributed by atoms with Gasteiger partial charge in [0.1, 0.15) is 22.4 Å². The molecule has 0 bridgehead atoms. The molecular weight excluding hydrogens is 312 g/mol. The molecular formula is C12H13BrN4S. The maximum Gasteiger partial charge on any atom is 0.150 e. The number of rotatable bonds is 4. The van der Waals surface area contributed by atoms with Crippen molar-refractivity contribution in [3.05, 3.63) is 35.1 Å². The molecule has 0 amide bonds. The maximum atomic E-state index is 4.21. The minimum Gasteiger partial charge on any atom is -0.372 e. The Bertz CT molecular complexity index is 530. The summed E-state index contributed by atoms with van der Waals surface area (Å²) in [6.45, 7) is 0. The summed E-state index contributed by atoms with van der Waals surface area (Å²) in [7, 11) is 1.82. The number of nitrogens with one attached hydrogen (secondary N) is 2.